The SMILES string of the molecule is O=C(Nc1nc2ccccc2s1)c1cccc2c1CN(c1nc(C(=O)O)c(CCCN3CCOCC3)s1)CC2. The molecule has 2 aromatic heterocycles. The number of hydrogen-bond donors (Lipinski definition) is 2. The van der Waals surface area contributed by atoms with Gasteiger partial charge in [-0.1, -0.05) is 35.6 Å². The molecule has 0 radical (unpaired) electrons. The smallest absolute Gasteiger partial charge is 0.355 e. The lowest BCUT2D eigenvalue weighted by Crippen LogP contribution is -2.36. The van der Waals surface area contributed by atoms with Gasteiger partial charge in [0.25, 0.3) is 5.91 Å². The second kappa shape index (κ2) is 11.4. The number of rotatable bonds is 8. The van der Waals surface area contributed by atoms with E-state index in [2.05, 4.69) is 31.2 Å². The first-order valence-electron chi connectivity index (χ1n) is 13.1. The summed E-state index contributed by atoms with van der Waals surface area (Å²) in [6, 6.07) is 13.6. The number of carbonyl (C=O) groups excluding carboxylic acids is 1. The molecule has 1 saturated heterocycles. The van der Waals surface area contributed by atoms with Crippen molar-refractivity contribution in [3.05, 3.63) is 69.7 Å². The number of aromatic nitrogens is 2. The zero-order valence-electron chi connectivity index (χ0n) is 21.4. The highest BCUT2D eigenvalue weighted by Gasteiger charge is 2.27. The Kier molecular flexibility index (Phi) is 7.55. The molecule has 2 aliphatic rings. The van der Waals surface area contributed by atoms with Crippen LogP contribution in [0.5, 0.6) is 0 Å². The number of para-hydroxylation sites is 1. The van der Waals surface area contributed by atoms with Gasteiger partial charge in [-0.25, -0.2) is 14.8 Å². The van der Waals surface area contributed by atoms with Crippen LogP contribution in [0.15, 0.2) is 42.5 Å². The van der Waals surface area contributed by atoms with Crippen LogP contribution in [0.3, 0.4) is 0 Å². The number of benzene rings is 2. The number of thiazole rings is 2. The minimum Gasteiger partial charge on any atom is -0.476 e. The largest absolute Gasteiger partial charge is 0.476 e. The summed E-state index contributed by atoms with van der Waals surface area (Å²) in [4.78, 5) is 39.7. The number of aromatic carboxylic acids is 1. The highest BCUT2D eigenvalue weighted by molar-refractivity contribution is 7.22. The summed E-state index contributed by atoms with van der Waals surface area (Å²) in [6.45, 7) is 5.47. The molecule has 0 spiro atoms. The van der Waals surface area contributed by atoms with Crippen LogP contribution in [0.1, 0.15) is 43.3 Å². The molecular formula is C28H29N5O4S2. The molecule has 39 heavy (non-hydrogen) atoms. The number of aryl methyl sites for hydroxylation is 1. The minimum atomic E-state index is -0.993. The third-order valence-electron chi connectivity index (χ3n) is 7.17. The highest BCUT2D eigenvalue weighted by Crippen LogP contribution is 2.33. The monoisotopic (exact) mass is 563 g/mol. The maximum Gasteiger partial charge on any atom is 0.355 e. The average molecular weight is 564 g/mol. The number of amides is 1. The molecule has 6 rings (SSSR count). The van der Waals surface area contributed by atoms with Crippen molar-refractivity contribution in [3.63, 3.8) is 0 Å². The molecule has 0 atom stereocenters. The van der Waals surface area contributed by atoms with Crippen molar-refractivity contribution in [1.82, 2.24) is 14.9 Å². The average Bonchev–Trinajstić information content (AvgIpc) is 3.57. The maximum atomic E-state index is 13.3. The molecule has 2 aromatic carbocycles. The predicted molar refractivity (Wildman–Crippen MR) is 153 cm³/mol. The summed E-state index contributed by atoms with van der Waals surface area (Å²) >= 11 is 2.91. The molecule has 0 bridgehead atoms. The zero-order chi connectivity index (χ0) is 26.8. The normalized spacial score (nSPS) is 15.8. The Morgan fingerprint density at radius 3 is 2.69 bits per heavy atom. The van der Waals surface area contributed by atoms with Crippen LogP contribution >= 0.6 is 22.7 Å². The van der Waals surface area contributed by atoms with Gasteiger partial charge in [-0.3, -0.25) is 15.0 Å². The predicted octanol–water partition coefficient (Wildman–Crippen LogP) is 4.53. The van der Waals surface area contributed by atoms with E-state index in [-0.39, 0.29) is 11.6 Å². The van der Waals surface area contributed by atoms with Crippen LogP contribution < -0.4 is 10.2 Å². The van der Waals surface area contributed by atoms with Crippen molar-refractivity contribution in [2.45, 2.75) is 25.8 Å². The summed E-state index contributed by atoms with van der Waals surface area (Å²) in [5.74, 6) is -1.19. The van der Waals surface area contributed by atoms with Gasteiger partial charge in [0.1, 0.15) is 0 Å². The summed E-state index contributed by atoms with van der Waals surface area (Å²) in [5, 5.41) is 14.1. The minimum absolute atomic E-state index is 0.143. The second-order valence-electron chi connectivity index (χ2n) is 9.69. The Morgan fingerprint density at radius 1 is 1.03 bits per heavy atom. The van der Waals surface area contributed by atoms with E-state index in [4.69, 9.17) is 4.74 Å². The number of ether oxygens (including phenoxy) is 1. The number of anilines is 2. The number of carboxylic acid groups (broad SMARTS) is 1. The fraction of sp³-hybridized carbons (Fsp3) is 0.357. The third-order valence-corrected chi connectivity index (χ3v) is 9.30. The first kappa shape index (κ1) is 25.9. The first-order valence-corrected chi connectivity index (χ1v) is 14.7. The van der Waals surface area contributed by atoms with E-state index >= 15 is 0 Å². The van der Waals surface area contributed by atoms with Gasteiger partial charge < -0.3 is 14.7 Å². The summed E-state index contributed by atoms with van der Waals surface area (Å²) in [5.41, 5.74) is 3.69. The van der Waals surface area contributed by atoms with E-state index in [0.717, 1.165) is 78.5 Å². The summed E-state index contributed by atoms with van der Waals surface area (Å²) < 4.78 is 6.44. The van der Waals surface area contributed by atoms with E-state index < -0.39 is 5.97 Å². The second-order valence-corrected chi connectivity index (χ2v) is 11.8. The van der Waals surface area contributed by atoms with E-state index in [0.29, 0.717) is 28.8 Å². The van der Waals surface area contributed by atoms with Crippen LogP contribution in [0.4, 0.5) is 10.3 Å². The Hall–Kier alpha value is -3.38. The fourth-order valence-electron chi connectivity index (χ4n) is 5.15. The Bertz CT molecular complexity index is 1480. The van der Waals surface area contributed by atoms with Crippen LogP contribution in [0.25, 0.3) is 10.2 Å². The van der Waals surface area contributed by atoms with Gasteiger partial charge in [0.05, 0.1) is 23.4 Å². The molecule has 11 heteroatoms. The van der Waals surface area contributed by atoms with E-state index in [9.17, 15) is 14.7 Å². The molecule has 4 aromatic rings. The standard InChI is InChI=1S/C28H29N5O4S2/c34-25(31-27-29-21-7-1-2-8-22(21)38-27)19-6-3-5-18-10-12-33(17-20(18)19)28-30-24(26(35)36)23(39-28)9-4-11-32-13-15-37-16-14-32/h1-3,5-8H,4,9-17H2,(H,35,36)(H,29,31,34). The Balaban J connectivity index is 1.18. The Labute approximate surface area is 234 Å². The van der Waals surface area contributed by atoms with E-state index in [1.165, 1.54) is 22.7 Å². The number of nitrogens with zero attached hydrogens (tertiary/aromatic N) is 4. The molecule has 0 saturated carbocycles. The number of carbonyl (C=O) groups is 2. The molecule has 2 aliphatic heterocycles. The topological polar surface area (TPSA) is 108 Å². The number of nitrogens with one attached hydrogen (secondary N) is 1. The van der Waals surface area contributed by atoms with Gasteiger partial charge >= 0.3 is 5.97 Å². The first-order chi connectivity index (χ1) is 19.0. The third kappa shape index (κ3) is 5.67. The van der Waals surface area contributed by atoms with Crippen LogP contribution in [0.2, 0.25) is 0 Å². The van der Waals surface area contributed by atoms with Crippen molar-refractivity contribution in [2.24, 2.45) is 0 Å². The number of carboxylic acids is 1. The molecule has 202 valence electrons. The van der Waals surface area contributed by atoms with Crippen molar-refractivity contribution in [2.75, 3.05) is 49.6 Å². The molecule has 2 N–H and O–H groups in total. The fourth-order valence-corrected chi connectivity index (χ4v) is 7.13. The summed E-state index contributed by atoms with van der Waals surface area (Å²) in [6.07, 6.45) is 2.31. The molecule has 4 heterocycles. The van der Waals surface area contributed by atoms with Crippen molar-refractivity contribution in [3.8, 4) is 0 Å². The van der Waals surface area contributed by atoms with Crippen LogP contribution in [-0.4, -0.2) is 71.2 Å². The number of morpholine rings is 1. The quantitative estimate of drug-likeness (QED) is 0.322. The highest BCUT2D eigenvalue weighted by atomic mass is 32.1. The molecule has 0 aliphatic carbocycles. The molecule has 0 unspecified atom stereocenters. The van der Waals surface area contributed by atoms with Gasteiger partial charge in [-0.2, -0.15) is 0 Å². The van der Waals surface area contributed by atoms with E-state index in [1.54, 1.807) is 0 Å². The van der Waals surface area contributed by atoms with Crippen molar-refractivity contribution >= 4 is 55.0 Å². The van der Waals surface area contributed by atoms with Gasteiger partial charge in [0.15, 0.2) is 16.0 Å². The van der Waals surface area contributed by atoms with Crippen molar-refractivity contribution in [1.29, 1.82) is 0 Å². The van der Waals surface area contributed by atoms with Crippen LogP contribution in [0, 0.1) is 0 Å². The Morgan fingerprint density at radius 2 is 1.87 bits per heavy atom. The van der Waals surface area contributed by atoms with Gasteiger partial charge in [0, 0.05) is 36.6 Å². The van der Waals surface area contributed by atoms with Crippen molar-refractivity contribution < 1.29 is 19.4 Å². The van der Waals surface area contributed by atoms with Gasteiger partial charge in [-0.15, -0.1) is 11.3 Å². The lowest BCUT2D eigenvalue weighted by Gasteiger charge is -2.29. The number of hydrogen-bond acceptors (Lipinski definition) is 9. The maximum absolute atomic E-state index is 13.3. The van der Waals surface area contributed by atoms with E-state index in [1.807, 2.05) is 36.4 Å². The molecular weight excluding hydrogens is 534 g/mol. The lowest BCUT2D eigenvalue weighted by atomic mass is 9.94. The zero-order valence-corrected chi connectivity index (χ0v) is 23.0. The number of fused-ring (bicyclic) bond motifs is 2. The summed E-state index contributed by atoms with van der Waals surface area (Å²) in [7, 11) is 0. The molecule has 1 amide bonds. The van der Waals surface area contributed by atoms with Gasteiger partial charge in [0.2, 0.25) is 0 Å². The lowest BCUT2D eigenvalue weighted by molar-refractivity contribution is 0.0375. The van der Waals surface area contributed by atoms with Crippen LogP contribution in [-0.2, 0) is 24.1 Å². The van der Waals surface area contributed by atoms with Gasteiger partial charge in [-0.05, 0) is 55.1 Å². The molecule has 9 nitrogen and oxygen atoms in total. The molecule has 1 fully saturated rings.